The predicted octanol–water partition coefficient (Wildman–Crippen LogP) is 5.54. The average molecular weight is 617 g/mol. The molecule has 0 bridgehead atoms. The smallest absolute Gasteiger partial charge is 0.251 e. The second kappa shape index (κ2) is 15.0. The average Bonchev–Trinajstić information content (AvgIpc) is 2.97. The second-order valence-corrected chi connectivity index (χ2v) is 13.0. The minimum absolute atomic E-state index is 0.243. The lowest BCUT2D eigenvalue weighted by Gasteiger charge is -2.47. The van der Waals surface area contributed by atoms with Crippen LogP contribution in [-0.4, -0.2) is 64.8 Å². The van der Waals surface area contributed by atoms with Crippen LogP contribution >= 0.6 is 22.4 Å². The third-order valence-corrected chi connectivity index (χ3v) is 9.39. The Bertz CT molecular complexity index is 1330. The molecule has 0 radical (unpaired) electrons. The largest absolute Gasteiger partial charge is 0.497 e. The van der Waals surface area contributed by atoms with Crippen molar-refractivity contribution in [1.82, 2.24) is 10.6 Å². The number of methoxy groups -OCH3 is 1. The van der Waals surface area contributed by atoms with Crippen LogP contribution in [0.5, 0.6) is 5.75 Å². The number of hydrogen-bond acceptors (Lipinski definition) is 8. The lowest BCUT2D eigenvalue weighted by Crippen LogP contribution is -2.48. The van der Waals surface area contributed by atoms with Crippen LogP contribution in [0, 0.1) is 0 Å². The van der Waals surface area contributed by atoms with Crippen molar-refractivity contribution in [3.05, 3.63) is 88.4 Å². The van der Waals surface area contributed by atoms with Crippen molar-refractivity contribution in [1.29, 1.82) is 0 Å². The van der Waals surface area contributed by atoms with Crippen LogP contribution in [0.3, 0.4) is 0 Å². The van der Waals surface area contributed by atoms with Crippen LogP contribution in [-0.2, 0) is 13.0 Å². The fraction of sp³-hybridized carbons (Fsp3) is 0.387. The topological polar surface area (TPSA) is 126 Å². The van der Waals surface area contributed by atoms with Crippen molar-refractivity contribution in [2.75, 3.05) is 42.1 Å². The van der Waals surface area contributed by atoms with Gasteiger partial charge in [-0.3, -0.25) is 18.2 Å². The molecule has 4 rings (SSSR count). The Morgan fingerprint density at radius 1 is 1.07 bits per heavy atom. The molecule has 0 unspecified atom stereocenters. The molecule has 2 atom stereocenters. The zero-order chi connectivity index (χ0) is 30.1. The first kappa shape index (κ1) is 31.9. The summed E-state index contributed by atoms with van der Waals surface area (Å²) in [5.74, 6) is 0.695. The highest BCUT2D eigenvalue weighted by Gasteiger charge is 2.28. The molecule has 0 spiro atoms. The van der Waals surface area contributed by atoms with E-state index < -0.39 is 22.9 Å². The molecule has 6 N–H and O–H groups in total. The molecular formula is C31H41ClN4O5S. The molecule has 1 fully saturated rings. The molecule has 9 nitrogen and oxygen atoms in total. The summed E-state index contributed by atoms with van der Waals surface area (Å²) in [4.78, 5) is 13.7. The van der Waals surface area contributed by atoms with Gasteiger partial charge in [0.2, 0.25) is 0 Å². The van der Waals surface area contributed by atoms with E-state index in [1.807, 2.05) is 49.4 Å². The molecule has 1 amide bonds. The zero-order valence-electron chi connectivity index (χ0n) is 24.1. The van der Waals surface area contributed by atoms with E-state index in [1.54, 1.807) is 35.7 Å². The van der Waals surface area contributed by atoms with Gasteiger partial charge in [-0.05, 0) is 79.8 Å². The minimum Gasteiger partial charge on any atom is -0.497 e. The number of halogens is 1. The summed E-state index contributed by atoms with van der Waals surface area (Å²) in [6, 6.07) is 19.7. The Balaban J connectivity index is 1.53. The van der Waals surface area contributed by atoms with Crippen molar-refractivity contribution < 1.29 is 23.7 Å². The minimum atomic E-state index is -2.96. The maximum Gasteiger partial charge on any atom is 0.251 e. The van der Waals surface area contributed by atoms with Gasteiger partial charge in [-0.1, -0.05) is 35.9 Å². The van der Waals surface area contributed by atoms with Gasteiger partial charge in [0.15, 0.2) is 0 Å². The summed E-state index contributed by atoms with van der Waals surface area (Å²) in [5, 5.41) is 21.4. The number of ether oxygens (including phenoxy) is 1. The number of benzene rings is 3. The van der Waals surface area contributed by atoms with Crippen LogP contribution in [0.1, 0.15) is 41.3 Å². The quantitative estimate of drug-likeness (QED) is 0.148. The van der Waals surface area contributed by atoms with Gasteiger partial charge in [-0.15, -0.1) is 10.8 Å². The number of aliphatic hydroxyl groups is 1. The molecule has 1 aliphatic rings. The molecule has 0 saturated carbocycles. The molecule has 1 saturated heterocycles. The summed E-state index contributed by atoms with van der Waals surface area (Å²) in [5.41, 5.74) is 3.57. The van der Waals surface area contributed by atoms with Gasteiger partial charge in [0, 0.05) is 42.5 Å². The molecule has 0 aromatic heterocycles. The first-order valence-corrected chi connectivity index (χ1v) is 16.2. The Kier molecular flexibility index (Phi) is 11.4. The van der Waals surface area contributed by atoms with E-state index in [1.165, 1.54) is 0 Å². The number of nitrogens with one attached hydrogen (secondary N) is 3. The van der Waals surface area contributed by atoms with Gasteiger partial charge in [-0.2, -0.15) is 0 Å². The van der Waals surface area contributed by atoms with Crippen LogP contribution in [0.4, 0.5) is 11.4 Å². The zero-order valence-corrected chi connectivity index (χ0v) is 25.6. The number of carbonyl (C=O) groups excluding carboxylic acids is 1. The van der Waals surface area contributed by atoms with E-state index in [0.29, 0.717) is 53.8 Å². The molecule has 0 aliphatic carbocycles. The normalized spacial score (nSPS) is 16.8. The van der Waals surface area contributed by atoms with E-state index in [-0.39, 0.29) is 12.5 Å². The Morgan fingerprint density at radius 3 is 2.57 bits per heavy atom. The van der Waals surface area contributed by atoms with Gasteiger partial charge in [0.05, 0.1) is 30.7 Å². The number of rotatable bonds is 13. The van der Waals surface area contributed by atoms with Gasteiger partial charge < -0.3 is 25.8 Å². The lowest BCUT2D eigenvalue weighted by molar-refractivity contribution is 0.0830. The van der Waals surface area contributed by atoms with Crippen LogP contribution < -0.4 is 25.0 Å². The summed E-state index contributed by atoms with van der Waals surface area (Å²) in [6.07, 6.45) is 1.06. The molecule has 42 heavy (non-hydrogen) atoms. The van der Waals surface area contributed by atoms with Gasteiger partial charge in [0.1, 0.15) is 5.75 Å². The van der Waals surface area contributed by atoms with Crippen molar-refractivity contribution in [2.24, 2.45) is 0 Å². The van der Waals surface area contributed by atoms with Crippen molar-refractivity contribution >= 4 is 39.7 Å². The van der Waals surface area contributed by atoms with Crippen LogP contribution in [0.25, 0.3) is 0 Å². The molecule has 11 heteroatoms. The number of hydrogen-bond donors (Lipinski definition) is 6. The van der Waals surface area contributed by atoms with E-state index in [9.17, 15) is 19.0 Å². The second-order valence-electron chi connectivity index (χ2n) is 10.4. The molecule has 1 heterocycles. The number of nitrogens with zero attached hydrogens (tertiary/aromatic N) is 1. The molecular weight excluding hydrogens is 576 g/mol. The highest BCUT2D eigenvalue weighted by Crippen LogP contribution is 2.50. The summed E-state index contributed by atoms with van der Waals surface area (Å²) in [7, 11) is -1.34. The number of amides is 1. The van der Waals surface area contributed by atoms with Crippen molar-refractivity contribution in [2.45, 2.75) is 44.9 Å². The molecule has 1 aliphatic heterocycles. The van der Waals surface area contributed by atoms with Crippen LogP contribution in [0.15, 0.2) is 66.7 Å². The number of aliphatic hydroxyl groups excluding tert-OH is 1. The Hall–Kier alpha value is -2.99. The molecule has 228 valence electrons. The maximum absolute atomic E-state index is 13.7. The van der Waals surface area contributed by atoms with E-state index in [2.05, 4.69) is 16.0 Å². The molecule has 3 aromatic rings. The fourth-order valence-corrected chi connectivity index (χ4v) is 6.80. The molecule has 3 aromatic carbocycles. The Morgan fingerprint density at radius 2 is 1.86 bits per heavy atom. The fourth-order valence-electron chi connectivity index (χ4n) is 5.00. The van der Waals surface area contributed by atoms with E-state index in [4.69, 9.17) is 16.3 Å². The first-order valence-electron chi connectivity index (χ1n) is 14.2. The van der Waals surface area contributed by atoms with Crippen LogP contribution in [0.2, 0.25) is 5.02 Å². The van der Waals surface area contributed by atoms with Crippen molar-refractivity contribution in [3.8, 4) is 5.75 Å². The summed E-state index contributed by atoms with van der Waals surface area (Å²) < 4.78 is 28.3. The van der Waals surface area contributed by atoms with Crippen molar-refractivity contribution in [3.63, 3.8) is 0 Å². The SMILES string of the molecule is CCNc1cc(C(=O)N[C@@H](Cc2ccc(Cl)cc2)[C@@H](O)CNCc2cccc(OC)c2)cc(N2CCCCS2(O)O)c1. The van der Waals surface area contributed by atoms with Gasteiger partial charge >= 0.3 is 0 Å². The highest BCUT2D eigenvalue weighted by molar-refractivity contribution is 8.25. The predicted molar refractivity (Wildman–Crippen MR) is 172 cm³/mol. The Labute approximate surface area is 254 Å². The number of carbonyl (C=O) groups is 1. The summed E-state index contributed by atoms with van der Waals surface area (Å²) >= 11 is 6.08. The van der Waals surface area contributed by atoms with Gasteiger partial charge in [-0.25, -0.2) is 0 Å². The summed E-state index contributed by atoms with van der Waals surface area (Å²) in [6.45, 7) is 3.85. The number of anilines is 2. The third kappa shape index (κ3) is 8.76. The standard InChI is InChI=1S/C31H41ClN4O5S/c1-3-34-26-17-24(18-27(19-26)36-13-4-5-14-42(36,39)40)31(38)35-29(16-22-9-11-25(32)12-10-22)30(37)21-33-20-23-7-6-8-28(15-23)41-2/h6-12,15,17-19,29-30,33-34,37,39-40H,3-5,13-14,16,20-21H2,1-2H3,(H,35,38)/t29-,30-/m0/s1. The third-order valence-electron chi connectivity index (χ3n) is 7.20. The monoisotopic (exact) mass is 616 g/mol. The highest BCUT2D eigenvalue weighted by atomic mass is 35.5. The maximum atomic E-state index is 13.7. The van der Waals surface area contributed by atoms with E-state index in [0.717, 1.165) is 29.7 Å². The van der Waals surface area contributed by atoms with E-state index >= 15 is 0 Å². The first-order chi connectivity index (χ1) is 20.2. The lowest BCUT2D eigenvalue weighted by atomic mass is 10.00. The van der Waals surface area contributed by atoms with Gasteiger partial charge in [0.25, 0.3) is 5.91 Å².